The van der Waals surface area contributed by atoms with Crippen LogP contribution in [0.25, 0.3) is 11.0 Å². The summed E-state index contributed by atoms with van der Waals surface area (Å²) in [5, 5.41) is 3.43. The van der Waals surface area contributed by atoms with E-state index in [1.165, 1.54) is 11.3 Å². The maximum absolute atomic E-state index is 13.4. The number of fused-ring (bicyclic) bond motifs is 2. The van der Waals surface area contributed by atoms with E-state index in [1.807, 2.05) is 81.6 Å². The number of halogens is 1. The highest BCUT2D eigenvalue weighted by Gasteiger charge is 2.28. The lowest BCUT2D eigenvalue weighted by atomic mass is 10.0. The second kappa shape index (κ2) is 11.9. The fraction of sp³-hybridized carbons (Fsp3) is 0.281. The molecule has 0 aliphatic carbocycles. The fourth-order valence-electron chi connectivity index (χ4n) is 5.91. The van der Waals surface area contributed by atoms with Crippen molar-refractivity contribution in [2.24, 2.45) is 0 Å². The molecule has 11 heteroatoms. The Hall–Kier alpha value is -4.12. The predicted octanol–water partition coefficient (Wildman–Crippen LogP) is 5.85. The molecule has 0 spiro atoms. The zero-order valence-electron chi connectivity index (χ0n) is 23.4. The highest BCUT2D eigenvalue weighted by Crippen LogP contribution is 2.33. The summed E-state index contributed by atoms with van der Waals surface area (Å²) in [6, 6.07) is 21.6. The van der Waals surface area contributed by atoms with Crippen molar-refractivity contribution in [3.63, 3.8) is 0 Å². The molecule has 3 aromatic carbocycles. The number of carbonyl (C=O) groups excluding carboxylic acids is 1. The van der Waals surface area contributed by atoms with Gasteiger partial charge >= 0.3 is 5.69 Å². The van der Waals surface area contributed by atoms with Crippen LogP contribution in [-0.2, 0) is 19.6 Å². The molecule has 0 atom stereocenters. The third-order valence-corrected chi connectivity index (χ3v) is 9.12. The van der Waals surface area contributed by atoms with Crippen molar-refractivity contribution in [1.82, 2.24) is 24.3 Å². The number of benzene rings is 3. The van der Waals surface area contributed by atoms with E-state index < -0.39 is 0 Å². The Kier molecular flexibility index (Phi) is 7.65. The molecule has 220 valence electrons. The number of imidazole rings is 1. The lowest BCUT2D eigenvalue weighted by Gasteiger charge is -2.32. The quantitative estimate of drug-likeness (QED) is 0.236. The van der Waals surface area contributed by atoms with Crippen molar-refractivity contribution < 1.29 is 14.3 Å². The number of ether oxygens (including phenoxy) is 2. The van der Waals surface area contributed by atoms with E-state index in [4.69, 9.17) is 26.1 Å². The molecule has 0 unspecified atom stereocenters. The topological polar surface area (TPSA) is 92.7 Å². The number of carbonyl (C=O) groups is 1. The molecule has 0 bridgehead atoms. The summed E-state index contributed by atoms with van der Waals surface area (Å²) in [4.78, 5) is 37.9. The molecule has 2 aliphatic heterocycles. The Balaban J connectivity index is 1.03. The van der Waals surface area contributed by atoms with Crippen molar-refractivity contribution in [2.75, 3.05) is 19.9 Å². The highest BCUT2D eigenvalue weighted by atomic mass is 35.5. The first-order valence-corrected chi connectivity index (χ1v) is 15.5. The Morgan fingerprint density at radius 1 is 0.977 bits per heavy atom. The molecule has 0 radical (unpaired) electrons. The number of aromatic nitrogens is 3. The Labute approximate surface area is 257 Å². The molecule has 2 aliphatic rings. The number of piperidine rings is 1. The molecule has 43 heavy (non-hydrogen) atoms. The summed E-state index contributed by atoms with van der Waals surface area (Å²) >= 11 is 7.62. The lowest BCUT2D eigenvalue weighted by Crippen LogP contribution is -2.40. The van der Waals surface area contributed by atoms with Gasteiger partial charge in [-0.1, -0.05) is 41.9 Å². The van der Waals surface area contributed by atoms with Crippen LogP contribution in [0.1, 0.15) is 45.5 Å². The summed E-state index contributed by atoms with van der Waals surface area (Å²) in [5.74, 6) is 1.45. The van der Waals surface area contributed by atoms with Gasteiger partial charge in [0.2, 0.25) is 6.79 Å². The van der Waals surface area contributed by atoms with Gasteiger partial charge in [0.05, 0.1) is 17.6 Å². The molecule has 1 N–H and O–H groups in total. The summed E-state index contributed by atoms with van der Waals surface area (Å²) in [6.45, 7) is 3.34. The third-order valence-electron chi connectivity index (χ3n) is 8.03. The first kappa shape index (κ1) is 27.7. The lowest BCUT2D eigenvalue weighted by molar-refractivity contribution is 0.0689. The van der Waals surface area contributed by atoms with E-state index in [1.54, 1.807) is 0 Å². The predicted molar refractivity (Wildman–Crippen MR) is 166 cm³/mol. The molecule has 7 rings (SSSR count). The highest BCUT2D eigenvalue weighted by molar-refractivity contribution is 7.09. The minimum atomic E-state index is -0.0981. The van der Waals surface area contributed by atoms with Crippen molar-refractivity contribution >= 4 is 39.9 Å². The van der Waals surface area contributed by atoms with Gasteiger partial charge in [0.25, 0.3) is 5.91 Å². The number of hydrogen-bond donors (Lipinski definition) is 1. The van der Waals surface area contributed by atoms with Crippen molar-refractivity contribution in [3.05, 3.63) is 109 Å². The average molecular weight is 616 g/mol. The van der Waals surface area contributed by atoms with E-state index in [-0.39, 0.29) is 24.4 Å². The van der Waals surface area contributed by atoms with Gasteiger partial charge < -0.3 is 19.4 Å². The number of likely N-dealkylation sites (tertiary alicyclic amines) is 1. The molecular weight excluding hydrogens is 586 g/mol. The molecule has 9 nitrogen and oxygen atoms in total. The monoisotopic (exact) mass is 615 g/mol. The SMILES string of the molecule is O=C(c1csc(CN(Cc2ccc(Cl)cc2)Cc2ccc3c(c2)OCO3)n1)N1CCC(n2c(=O)[nH]c3ccccc32)CC1. The number of aromatic amines is 1. The molecule has 1 amide bonds. The second-order valence-electron chi connectivity index (χ2n) is 10.9. The molecule has 4 heterocycles. The summed E-state index contributed by atoms with van der Waals surface area (Å²) in [6.07, 6.45) is 1.43. The number of rotatable bonds is 8. The van der Waals surface area contributed by atoms with E-state index in [9.17, 15) is 9.59 Å². The van der Waals surface area contributed by atoms with E-state index in [0.29, 0.717) is 43.4 Å². The molecule has 2 aromatic heterocycles. The van der Waals surface area contributed by atoms with Crippen LogP contribution in [0.2, 0.25) is 5.02 Å². The van der Waals surface area contributed by atoms with E-state index in [0.717, 1.165) is 51.5 Å². The van der Waals surface area contributed by atoms with Crippen LogP contribution in [0.5, 0.6) is 11.5 Å². The second-order valence-corrected chi connectivity index (χ2v) is 12.3. The minimum Gasteiger partial charge on any atom is -0.454 e. The molecule has 5 aromatic rings. The number of nitrogens with one attached hydrogen (secondary N) is 1. The zero-order chi connectivity index (χ0) is 29.3. The normalized spacial score (nSPS) is 15.1. The molecule has 1 fully saturated rings. The van der Waals surface area contributed by atoms with Gasteiger partial charge in [-0.05, 0) is 60.4 Å². The number of para-hydroxylation sites is 2. The first-order chi connectivity index (χ1) is 21.0. The van der Waals surface area contributed by atoms with Gasteiger partial charge in [0.1, 0.15) is 10.7 Å². The molecule has 1 saturated heterocycles. The zero-order valence-corrected chi connectivity index (χ0v) is 24.9. The smallest absolute Gasteiger partial charge is 0.326 e. The number of amides is 1. The van der Waals surface area contributed by atoms with Gasteiger partial charge in [-0.2, -0.15) is 0 Å². The minimum absolute atomic E-state index is 0.0521. The van der Waals surface area contributed by atoms with Crippen LogP contribution in [0.15, 0.2) is 76.9 Å². The maximum Gasteiger partial charge on any atom is 0.326 e. The van der Waals surface area contributed by atoms with Crippen LogP contribution in [-0.4, -0.2) is 50.1 Å². The summed E-state index contributed by atoms with van der Waals surface area (Å²) in [5.41, 5.74) is 4.35. The molecular formula is C32H30ClN5O4S. The first-order valence-electron chi connectivity index (χ1n) is 14.3. The van der Waals surface area contributed by atoms with Crippen LogP contribution in [0, 0.1) is 0 Å². The van der Waals surface area contributed by atoms with Crippen LogP contribution < -0.4 is 15.2 Å². The van der Waals surface area contributed by atoms with E-state index in [2.05, 4.69) is 9.88 Å². The van der Waals surface area contributed by atoms with Gasteiger partial charge in [0.15, 0.2) is 11.5 Å². The van der Waals surface area contributed by atoms with Crippen molar-refractivity contribution in [2.45, 2.75) is 38.5 Å². The van der Waals surface area contributed by atoms with Gasteiger partial charge in [-0.3, -0.25) is 14.3 Å². The third kappa shape index (κ3) is 5.90. The Bertz CT molecular complexity index is 1820. The van der Waals surface area contributed by atoms with Crippen LogP contribution in [0.3, 0.4) is 0 Å². The average Bonchev–Trinajstić information content (AvgIpc) is 3.76. The summed E-state index contributed by atoms with van der Waals surface area (Å²) in [7, 11) is 0. The summed E-state index contributed by atoms with van der Waals surface area (Å²) < 4.78 is 12.9. The number of H-pyrrole nitrogens is 1. The Morgan fingerprint density at radius 2 is 1.72 bits per heavy atom. The Morgan fingerprint density at radius 3 is 2.56 bits per heavy atom. The number of thiazole rings is 1. The van der Waals surface area contributed by atoms with Gasteiger partial charge in [0, 0.05) is 42.6 Å². The maximum atomic E-state index is 13.4. The van der Waals surface area contributed by atoms with Crippen LogP contribution >= 0.6 is 22.9 Å². The standard InChI is InChI=1S/C32H30ClN5O4S/c33-23-8-5-21(6-9-23)16-36(17-22-7-10-28-29(15-22)42-20-41-28)18-30-34-26(19-43-30)31(39)37-13-11-24(12-14-37)38-27-4-2-1-3-25(27)35-32(38)40/h1-10,15,19,24H,11-14,16-18,20H2,(H,35,40). The largest absolute Gasteiger partial charge is 0.454 e. The van der Waals surface area contributed by atoms with Crippen molar-refractivity contribution in [1.29, 1.82) is 0 Å². The van der Waals surface area contributed by atoms with Crippen molar-refractivity contribution in [3.8, 4) is 11.5 Å². The van der Waals surface area contributed by atoms with E-state index >= 15 is 0 Å². The number of nitrogens with zero attached hydrogens (tertiary/aromatic N) is 4. The van der Waals surface area contributed by atoms with Crippen LogP contribution in [0.4, 0.5) is 0 Å². The molecule has 0 saturated carbocycles. The number of hydrogen-bond acceptors (Lipinski definition) is 7. The van der Waals surface area contributed by atoms with Gasteiger partial charge in [-0.15, -0.1) is 11.3 Å². The fourth-order valence-corrected chi connectivity index (χ4v) is 6.85. The van der Waals surface area contributed by atoms with Gasteiger partial charge in [-0.25, -0.2) is 9.78 Å².